The van der Waals surface area contributed by atoms with Crippen molar-refractivity contribution in [2.24, 2.45) is 5.11 Å². The van der Waals surface area contributed by atoms with Crippen molar-refractivity contribution in [1.82, 2.24) is 5.32 Å². The predicted octanol–water partition coefficient (Wildman–Crippen LogP) is 1.78. The lowest BCUT2D eigenvalue weighted by Crippen LogP contribution is -2.64. The minimum atomic E-state index is -0.619. The number of nitrogens with one attached hydrogen (secondary N) is 1. The number of hydrogen-bond acceptors (Lipinski definition) is 5. The molecule has 1 saturated carbocycles. The fourth-order valence-electron chi connectivity index (χ4n) is 2.25. The van der Waals surface area contributed by atoms with Gasteiger partial charge in [0.05, 0.1) is 12.7 Å². The van der Waals surface area contributed by atoms with E-state index in [2.05, 4.69) is 15.3 Å². The van der Waals surface area contributed by atoms with Gasteiger partial charge in [-0.05, 0) is 32.3 Å². The summed E-state index contributed by atoms with van der Waals surface area (Å²) in [6, 6.07) is 0. The number of rotatable bonds is 9. The number of azide groups is 1. The van der Waals surface area contributed by atoms with Crippen LogP contribution in [-0.2, 0) is 14.3 Å². The number of nitrogens with zero attached hydrogens (tertiary/aromatic N) is 3. The molecule has 0 amide bonds. The Labute approximate surface area is 113 Å². The molecule has 1 aliphatic rings. The molecule has 0 spiro atoms. The topological polar surface area (TPSA) is 96.3 Å². The highest BCUT2D eigenvalue weighted by Gasteiger charge is 2.51. The van der Waals surface area contributed by atoms with Crippen LogP contribution in [0.4, 0.5) is 0 Å². The molecule has 7 heteroatoms. The van der Waals surface area contributed by atoms with Gasteiger partial charge >= 0.3 is 5.97 Å². The summed E-state index contributed by atoms with van der Waals surface area (Å²) in [5.74, 6) is -0.213. The third kappa shape index (κ3) is 4.38. The Morgan fingerprint density at radius 2 is 2.21 bits per heavy atom. The molecule has 19 heavy (non-hydrogen) atoms. The molecule has 0 aromatic heterocycles. The molecule has 0 radical (unpaired) electrons. The van der Waals surface area contributed by atoms with Gasteiger partial charge in [0.25, 0.3) is 0 Å². The van der Waals surface area contributed by atoms with E-state index in [-0.39, 0.29) is 12.1 Å². The van der Waals surface area contributed by atoms with Crippen molar-refractivity contribution in [3.63, 3.8) is 0 Å². The van der Waals surface area contributed by atoms with Gasteiger partial charge in [0, 0.05) is 30.9 Å². The Kier molecular flexibility index (Phi) is 6.62. The molecule has 0 bridgehead atoms. The van der Waals surface area contributed by atoms with Crippen LogP contribution >= 0.6 is 0 Å². The lowest BCUT2D eigenvalue weighted by atomic mass is 9.74. The SMILES string of the molecule is CCOC(=O)C1(NCCCN=[N+]=[N-])CC(OCC)C1. The Balaban J connectivity index is 2.43. The average molecular weight is 270 g/mol. The second-order valence-corrected chi connectivity index (χ2v) is 4.52. The Morgan fingerprint density at radius 3 is 2.79 bits per heavy atom. The van der Waals surface area contributed by atoms with E-state index in [1.54, 1.807) is 6.92 Å². The molecule has 0 aromatic rings. The van der Waals surface area contributed by atoms with E-state index < -0.39 is 5.54 Å². The maximum absolute atomic E-state index is 12.0. The van der Waals surface area contributed by atoms with Crippen LogP contribution in [0.15, 0.2) is 5.11 Å². The second kappa shape index (κ2) is 7.99. The normalized spacial score (nSPS) is 25.3. The average Bonchev–Trinajstić information content (AvgIpc) is 2.35. The van der Waals surface area contributed by atoms with Gasteiger partial charge in [0.2, 0.25) is 0 Å². The summed E-state index contributed by atoms with van der Waals surface area (Å²) in [6.45, 7) is 5.82. The van der Waals surface area contributed by atoms with E-state index in [1.807, 2.05) is 6.92 Å². The molecule has 1 fully saturated rings. The smallest absolute Gasteiger partial charge is 0.326 e. The molecule has 0 aliphatic heterocycles. The molecule has 1 aliphatic carbocycles. The number of carbonyl (C=O) groups is 1. The summed E-state index contributed by atoms with van der Waals surface area (Å²) in [4.78, 5) is 14.7. The first-order valence-corrected chi connectivity index (χ1v) is 6.73. The van der Waals surface area contributed by atoms with E-state index >= 15 is 0 Å². The molecule has 1 rings (SSSR count). The maximum atomic E-state index is 12.0. The summed E-state index contributed by atoms with van der Waals surface area (Å²) >= 11 is 0. The standard InChI is InChI=1S/C12H22N4O3/c1-3-18-10-8-12(9-10,11(17)19-4-2)14-6-5-7-15-16-13/h10,14H,3-9H2,1-2H3. The second-order valence-electron chi connectivity index (χ2n) is 4.52. The van der Waals surface area contributed by atoms with Gasteiger partial charge in [0.1, 0.15) is 5.54 Å². The first kappa shape index (κ1) is 15.8. The van der Waals surface area contributed by atoms with Gasteiger partial charge in [-0.3, -0.25) is 4.79 Å². The van der Waals surface area contributed by atoms with Crippen LogP contribution in [0, 0.1) is 0 Å². The molecule has 1 N–H and O–H groups in total. The van der Waals surface area contributed by atoms with Crippen LogP contribution < -0.4 is 5.32 Å². The summed E-state index contributed by atoms with van der Waals surface area (Å²) in [7, 11) is 0. The van der Waals surface area contributed by atoms with Gasteiger partial charge in [0.15, 0.2) is 0 Å². The highest BCUT2D eigenvalue weighted by atomic mass is 16.5. The predicted molar refractivity (Wildman–Crippen MR) is 70.6 cm³/mol. The van der Waals surface area contributed by atoms with E-state index in [9.17, 15) is 4.79 Å². The highest BCUT2D eigenvalue weighted by Crippen LogP contribution is 2.35. The minimum absolute atomic E-state index is 0.124. The monoisotopic (exact) mass is 270 g/mol. The van der Waals surface area contributed by atoms with Gasteiger partial charge in [-0.25, -0.2) is 0 Å². The van der Waals surface area contributed by atoms with Crippen LogP contribution in [-0.4, -0.2) is 43.9 Å². The summed E-state index contributed by atoms with van der Waals surface area (Å²) in [5, 5.41) is 6.69. The van der Waals surface area contributed by atoms with Gasteiger partial charge in [-0.2, -0.15) is 0 Å². The zero-order valence-corrected chi connectivity index (χ0v) is 11.6. The minimum Gasteiger partial charge on any atom is -0.465 e. The number of esters is 1. The largest absolute Gasteiger partial charge is 0.465 e. The molecule has 108 valence electrons. The Morgan fingerprint density at radius 1 is 1.47 bits per heavy atom. The van der Waals surface area contributed by atoms with Crippen molar-refractivity contribution in [2.45, 2.75) is 44.8 Å². The van der Waals surface area contributed by atoms with Crippen LogP contribution in [0.1, 0.15) is 33.1 Å². The molecular formula is C12H22N4O3. The number of hydrogen-bond donors (Lipinski definition) is 1. The molecular weight excluding hydrogens is 248 g/mol. The zero-order valence-electron chi connectivity index (χ0n) is 11.6. The van der Waals surface area contributed by atoms with Crippen molar-refractivity contribution < 1.29 is 14.3 Å². The van der Waals surface area contributed by atoms with Crippen LogP contribution in [0.25, 0.3) is 10.4 Å². The lowest BCUT2D eigenvalue weighted by Gasteiger charge is -2.45. The Bertz CT molecular complexity index is 336. The van der Waals surface area contributed by atoms with Gasteiger partial charge < -0.3 is 14.8 Å². The number of carbonyl (C=O) groups excluding carboxylic acids is 1. The molecule has 0 atom stereocenters. The van der Waals surface area contributed by atoms with Crippen molar-refractivity contribution in [1.29, 1.82) is 0 Å². The zero-order chi connectivity index (χ0) is 14.1. The van der Waals surface area contributed by atoms with Gasteiger partial charge in [-0.15, -0.1) is 0 Å². The maximum Gasteiger partial charge on any atom is 0.326 e. The molecule has 0 aromatic carbocycles. The van der Waals surface area contributed by atoms with E-state index in [0.717, 1.165) is 0 Å². The number of ether oxygens (including phenoxy) is 2. The summed E-state index contributed by atoms with van der Waals surface area (Å²) in [6.07, 6.45) is 2.10. The molecule has 0 heterocycles. The third-order valence-electron chi connectivity index (χ3n) is 3.18. The van der Waals surface area contributed by atoms with Crippen LogP contribution in [0.2, 0.25) is 0 Å². The van der Waals surface area contributed by atoms with E-state index in [1.165, 1.54) is 0 Å². The summed E-state index contributed by atoms with van der Waals surface area (Å²) < 4.78 is 10.6. The van der Waals surface area contributed by atoms with Crippen molar-refractivity contribution >= 4 is 5.97 Å². The van der Waals surface area contributed by atoms with Crippen molar-refractivity contribution in [3.8, 4) is 0 Å². The highest BCUT2D eigenvalue weighted by molar-refractivity contribution is 5.82. The lowest BCUT2D eigenvalue weighted by molar-refractivity contribution is -0.163. The molecule has 7 nitrogen and oxygen atoms in total. The fraction of sp³-hybridized carbons (Fsp3) is 0.917. The van der Waals surface area contributed by atoms with Crippen LogP contribution in [0.3, 0.4) is 0 Å². The molecule has 0 saturated heterocycles. The summed E-state index contributed by atoms with van der Waals surface area (Å²) in [5.41, 5.74) is 7.56. The van der Waals surface area contributed by atoms with Crippen molar-refractivity contribution in [2.75, 3.05) is 26.3 Å². The van der Waals surface area contributed by atoms with Gasteiger partial charge in [-0.1, -0.05) is 5.11 Å². The van der Waals surface area contributed by atoms with E-state index in [0.29, 0.717) is 45.6 Å². The van der Waals surface area contributed by atoms with E-state index in [4.69, 9.17) is 15.0 Å². The molecule has 0 unspecified atom stereocenters. The van der Waals surface area contributed by atoms with Crippen molar-refractivity contribution in [3.05, 3.63) is 10.4 Å². The third-order valence-corrected chi connectivity index (χ3v) is 3.18. The first-order valence-electron chi connectivity index (χ1n) is 6.73. The Hall–Kier alpha value is -1.30. The first-order chi connectivity index (χ1) is 9.18. The fourth-order valence-corrected chi connectivity index (χ4v) is 2.25. The van der Waals surface area contributed by atoms with Crippen LogP contribution in [0.5, 0.6) is 0 Å². The quantitative estimate of drug-likeness (QED) is 0.227.